The standard InChI is InChI=1S/C22H32N4O7/c1-8-15-17(25-22(30)26-21(23-10-3)24-11-4)16(9-2)19(32-13(6)28)20(33-14(7)29)18(15)31-12(5)27/h8-11H2,1-7H3,(H3,23,24,25,26,30). The van der Waals surface area contributed by atoms with Crippen molar-refractivity contribution >= 4 is 35.6 Å². The maximum atomic E-state index is 12.8. The lowest BCUT2D eigenvalue weighted by Crippen LogP contribution is -2.43. The number of anilines is 1. The Morgan fingerprint density at radius 3 is 1.58 bits per heavy atom. The van der Waals surface area contributed by atoms with E-state index in [1.54, 1.807) is 13.8 Å². The summed E-state index contributed by atoms with van der Waals surface area (Å²) in [4.78, 5) is 52.4. The summed E-state index contributed by atoms with van der Waals surface area (Å²) in [5.41, 5.74) is 1.05. The van der Waals surface area contributed by atoms with E-state index >= 15 is 0 Å². The van der Waals surface area contributed by atoms with Crippen LogP contribution in [-0.4, -0.2) is 43.0 Å². The Kier molecular flexibility index (Phi) is 10.8. The molecule has 0 fully saturated rings. The number of nitrogens with one attached hydrogen (secondary N) is 3. The van der Waals surface area contributed by atoms with E-state index in [2.05, 4.69) is 20.9 Å². The molecule has 1 aromatic rings. The van der Waals surface area contributed by atoms with E-state index in [9.17, 15) is 19.2 Å². The molecule has 182 valence electrons. The first-order valence-electron chi connectivity index (χ1n) is 10.7. The van der Waals surface area contributed by atoms with Gasteiger partial charge in [0, 0.05) is 45.0 Å². The molecule has 0 aliphatic heterocycles. The van der Waals surface area contributed by atoms with Crippen molar-refractivity contribution in [2.75, 3.05) is 18.4 Å². The minimum absolute atomic E-state index is 0.113. The second-order valence-corrected chi connectivity index (χ2v) is 6.74. The average molecular weight is 465 g/mol. The van der Waals surface area contributed by atoms with Gasteiger partial charge in [0.2, 0.25) is 5.75 Å². The van der Waals surface area contributed by atoms with Gasteiger partial charge in [-0.1, -0.05) is 13.8 Å². The molecule has 0 spiro atoms. The Morgan fingerprint density at radius 1 is 0.758 bits per heavy atom. The second-order valence-electron chi connectivity index (χ2n) is 6.74. The predicted molar refractivity (Wildman–Crippen MR) is 123 cm³/mol. The Hall–Kier alpha value is -3.63. The van der Waals surface area contributed by atoms with Crippen molar-refractivity contribution in [2.24, 2.45) is 4.99 Å². The summed E-state index contributed by atoms with van der Waals surface area (Å²) in [6, 6.07) is -0.615. The Morgan fingerprint density at radius 2 is 1.21 bits per heavy atom. The number of carbonyl (C=O) groups excluding carboxylic acids is 4. The molecule has 1 aromatic carbocycles. The maximum Gasteiger partial charge on any atom is 0.326 e. The molecule has 33 heavy (non-hydrogen) atoms. The molecule has 0 saturated carbocycles. The number of hydrogen-bond donors (Lipinski definition) is 3. The third-order valence-electron chi connectivity index (χ3n) is 4.14. The zero-order valence-electron chi connectivity index (χ0n) is 20.1. The van der Waals surface area contributed by atoms with Crippen LogP contribution in [0.15, 0.2) is 4.99 Å². The summed E-state index contributed by atoms with van der Waals surface area (Å²) in [6.45, 7) is 11.8. The van der Waals surface area contributed by atoms with Crippen molar-refractivity contribution in [1.29, 1.82) is 0 Å². The molecule has 0 radical (unpaired) electrons. The molecule has 0 saturated heterocycles. The summed E-state index contributed by atoms with van der Waals surface area (Å²) in [5.74, 6) is -2.22. The first-order valence-corrected chi connectivity index (χ1v) is 10.7. The van der Waals surface area contributed by atoms with Crippen molar-refractivity contribution < 1.29 is 33.4 Å². The van der Waals surface area contributed by atoms with Crippen molar-refractivity contribution in [3.8, 4) is 17.2 Å². The third kappa shape index (κ3) is 7.78. The van der Waals surface area contributed by atoms with Gasteiger partial charge in [-0.25, -0.2) is 4.79 Å². The number of guanidine groups is 1. The summed E-state index contributed by atoms with van der Waals surface area (Å²) < 4.78 is 16.0. The van der Waals surface area contributed by atoms with Gasteiger partial charge in [0.25, 0.3) is 0 Å². The molecular formula is C22H32N4O7. The van der Waals surface area contributed by atoms with Gasteiger partial charge in [0.1, 0.15) is 0 Å². The average Bonchev–Trinajstić information content (AvgIpc) is 2.70. The van der Waals surface area contributed by atoms with Gasteiger partial charge in [-0.2, -0.15) is 0 Å². The van der Waals surface area contributed by atoms with Crippen LogP contribution in [0.5, 0.6) is 17.2 Å². The van der Waals surface area contributed by atoms with Crippen molar-refractivity contribution in [3.63, 3.8) is 0 Å². The number of urea groups is 1. The SMILES string of the molecule is CCN=C(NCC)NC(=O)Nc1c(CC)c(OC(C)=O)c(OC(C)=O)c(OC(C)=O)c1CC. The lowest BCUT2D eigenvalue weighted by Gasteiger charge is -2.24. The molecule has 0 bridgehead atoms. The van der Waals surface area contributed by atoms with Crippen LogP contribution in [0.3, 0.4) is 0 Å². The fourth-order valence-electron chi connectivity index (χ4n) is 3.07. The van der Waals surface area contributed by atoms with Gasteiger partial charge in [0.15, 0.2) is 17.5 Å². The van der Waals surface area contributed by atoms with Crippen LogP contribution < -0.4 is 30.2 Å². The van der Waals surface area contributed by atoms with E-state index < -0.39 is 23.9 Å². The van der Waals surface area contributed by atoms with Crippen molar-refractivity contribution in [1.82, 2.24) is 10.6 Å². The summed E-state index contributed by atoms with van der Waals surface area (Å²) in [5, 5.41) is 8.31. The summed E-state index contributed by atoms with van der Waals surface area (Å²) in [6.07, 6.45) is 0.589. The molecule has 0 unspecified atom stereocenters. The third-order valence-corrected chi connectivity index (χ3v) is 4.14. The molecule has 1 rings (SSSR count). The van der Waals surface area contributed by atoms with E-state index in [4.69, 9.17) is 14.2 Å². The van der Waals surface area contributed by atoms with Gasteiger partial charge in [-0.3, -0.25) is 24.7 Å². The number of rotatable bonds is 8. The van der Waals surface area contributed by atoms with Gasteiger partial charge in [0.05, 0.1) is 5.69 Å². The zero-order valence-corrected chi connectivity index (χ0v) is 20.1. The van der Waals surface area contributed by atoms with Crippen LogP contribution in [0.1, 0.15) is 59.6 Å². The first kappa shape index (κ1) is 27.4. The van der Waals surface area contributed by atoms with Crippen LogP contribution >= 0.6 is 0 Å². The monoisotopic (exact) mass is 464 g/mol. The summed E-state index contributed by atoms with van der Waals surface area (Å²) >= 11 is 0. The fraction of sp³-hybridized carbons (Fsp3) is 0.500. The number of carbonyl (C=O) groups is 4. The number of nitrogens with zero attached hydrogens (tertiary/aromatic N) is 1. The highest BCUT2D eigenvalue weighted by Crippen LogP contribution is 2.49. The van der Waals surface area contributed by atoms with E-state index in [0.717, 1.165) is 0 Å². The quantitative estimate of drug-likeness (QED) is 0.230. The number of ether oxygens (including phenoxy) is 3. The van der Waals surface area contributed by atoms with Gasteiger partial charge in [-0.15, -0.1) is 0 Å². The van der Waals surface area contributed by atoms with Crippen LogP contribution in [0.2, 0.25) is 0 Å². The summed E-state index contributed by atoms with van der Waals surface area (Å²) in [7, 11) is 0. The van der Waals surface area contributed by atoms with E-state index in [-0.39, 0.29) is 28.9 Å². The van der Waals surface area contributed by atoms with E-state index in [1.807, 2.05) is 13.8 Å². The molecule has 2 amide bonds. The molecule has 3 N–H and O–H groups in total. The normalized spacial score (nSPS) is 10.8. The molecule has 0 aliphatic rings. The first-order chi connectivity index (χ1) is 15.6. The van der Waals surface area contributed by atoms with Gasteiger partial charge < -0.3 is 24.8 Å². The van der Waals surface area contributed by atoms with Crippen LogP contribution in [0, 0.1) is 0 Å². The second kappa shape index (κ2) is 13.0. The van der Waals surface area contributed by atoms with Crippen LogP contribution in [0.25, 0.3) is 0 Å². The molecule has 0 heterocycles. The largest absolute Gasteiger partial charge is 0.422 e. The lowest BCUT2D eigenvalue weighted by atomic mass is 9.99. The Labute approximate surface area is 193 Å². The van der Waals surface area contributed by atoms with Crippen LogP contribution in [0.4, 0.5) is 10.5 Å². The molecule has 0 atom stereocenters. The highest BCUT2D eigenvalue weighted by molar-refractivity contribution is 6.04. The predicted octanol–water partition coefficient (Wildman–Crippen LogP) is 2.69. The molecule has 0 aliphatic carbocycles. The van der Waals surface area contributed by atoms with Gasteiger partial charge >= 0.3 is 23.9 Å². The Balaban J connectivity index is 3.77. The Bertz CT molecular complexity index is 896. The van der Waals surface area contributed by atoms with Crippen molar-refractivity contribution in [2.45, 2.75) is 61.3 Å². The van der Waals surface area contributed by atoms with Crippen molar-refractivity contribution in [3.05, 3.63) is 11.1 Å². The number of amides is 2. The minimum Gasteiger partial charge on any atom is -0.422 e. The zero-order chi connectivity index (χ0) is 25.1. The van der Waals surface area contributed by atoms with Gasteiger partial charge in [-0.05, 0) is 26.7 Å². The van der Waals surface area contributed by atoms with Crippen LogP contribution in [-0.2, 0) is 27.2 Å². The lowest BCUT2D eigenvalue weighted by molar-refractivity contribution is -0.135. The number of benzene rings is 1. The molecule has 11 heteroatoms. The van der Waals surface area contributed by atoms with E-state index in [1.165, 1.54) is 20.8 Å². The smallest absolute Gasteiger partial charge is 0.326 e. The molecular weight excluding hydrogens is 432 g/mol. The minimum atomic E-state index is -0.703. The fourth-order valence-corrected chi connectivity index (χ4v) is 3.07. The number of esters is 3. The highest BCUT2D eigenvalue weighted by Gasteiger charge is 2.30. The molecule has 11 nitrogen and oxygen atoms in total. The maximum absolute atomic E-state index is 12.8. The number of aliphatic imine (C=N–C) groups is 1. The number of hydrogen-bond acceptors (Lipinski definition) is 8. The highest BCUT2D eigenvalue weighted by atomic mass is 16.6. The topological polar surface area (TPSA) is 144 Å². The molecule has 0 aromatic heterocycles. The van der Waals surface area contributed by atoms with E-state index in [0.29, 0.717) is 37.1 Å².